The van der Waals surface area contributed by atoms with Gasteiger partial charge in [0, 0.05) is 11.1 Å². The van der Waals surface area contributed by atoms with E-state index in [2.05, 4.69) is 15.6 Å². The molecule has 0 aliphatic carbocycles. The number of nitrogens with one attached hydrogen (secondary N) is 2. The van der Waals surface area contributed by atoms with Crippen LogP contribution in [0.1, 0.15) is 20.8 Å². The topological polar surface area (TPSA) is 62.7 Å². The van der Waals surface area contributed by atoms with Gasteiger partial charge in [-0.25, -0.2) is 4.99 Å². The molecular weight excluding hydrogens is 302 g/mol. The molecule has 0 saturated heterocycles. The average molecular weight is 325 g/mol. The number of methoxy groups -OCH3 is 1. The summed E-state index contributed by atoms with van der Waals surface area (Å²) < 4.78 is 5.32. The van der Waals surface area contributed by atoms with E-state index in [4.69, 9.17) is 4.74 Å². The van der Waals surface area contributed by atoms with Crippen LogP contribution in [0.25, 0.3) is 0 Å². The van der Waals surface area contributed by atoms with E-state index in [1.165, 1.54) is 0 Å². The molecule has 5 heteroatoms. The van der Waals surface area contributed by atoms with Gasteiger partial charge in [0.2, 0.25) is 11.9 Å². The molecule has 0 spiro atoms. The highest BCUT2D eigenvalue weighted by Crippen LogP contribution is 2.26. The molecule has 0 unspecified atom stereocenters. The molecule has 0 saturated carbocycles. The first-order valence-electron chi connectivity index (χ1n) is 7.75. The van der Waals surface area contributed by atoms with Gasteiger partial charge in [0.05, 0.1) is 7.11 Å². The summed E-state index contributed by atoms with van der Waals surface area (Å²) in [7, 11) is 1.59. The molecular formula is C19H23N3O2. The maximum atomic E-state index is 12.3. The van der Waals surface area contributed by atoms with Crippen LogP contribution in [-0.4, -0.2) is 19.0 Å². The fourth-order valence-electron chi connectivity index (χ4n) is 1.88. The van der Waals surface area contributed by atoms with Crippen molar-refractivity contribution >= 4 is 23.2 Å². The lowest BCUT2D eigenvalue weighted by Gasteiger charge is -2.19. The Morgan fingerprint density at radius 1 is 1.00 bits per heavy atom. The number of guanidine groups is 1. The molecule has 2 N–H and O–H groups in total. The maximum Gasteiger partial charge on any atom is 0.232 e. The summed E-state index contributed by atoms with van der Waals surface area (Å²) in [5.74, 6) is 0.861. The van der Waals surface area contributed by atoms with Gasteiger partial charge in [0.25, 0.3) is 0 Å². The minimum atomic E-state index is -0.528. The molecule has 24 heavy (non-hydrogen) atoms. The van der Waals surface area contributed by atoms with Crippen molar-refractivity contribution in [3.63, 3.8) is 0 Å². The van der Waals surface area contributed by atoms with Crippen molar-refractivity contribution < 1.29 is 9.53 Å². The van der Waals surface area contributed by atoms with Crippen molar-refractivity contribution in [2.45, 2.75) is 20.8 Å². The molecule has 0 atom stereocenters. The van der Waals surface area contributed by atoms with Gasteiger partial charge in [-0.05, 0) is 24.3 Å². The molecule has 126 valence electrons. The van der Waals surface area contributed by atoms with Crippen LogP contribution in [0.15, 0.2) is 59.6 Å². The Kier molecular flexibility index (Phi) is 5.58. The zero-order chi connectivity index (χ0) is 17.6. The zero-order valence-corrected chi connectivity index (χ0v) is 14.5. The number of benzene rings is 2. The van der Waals surface area contributed by atoms with Crippen LogP contribution in [0.5, 0.6) is 5.75 Å². The van der Waals surface area contributed by atoms with Crippen LogP contribution in [0, 0.1) is 5.41 Å². The largest absolute Gasteiger partial charge is 0.494 e. The Morgan fingerprint density at radius 3 is 2.25 bits per heavy atom. The second-order valence-corrected chi connectivity index (χ2v) is 6.33. The molecule has 2 rings (SSSR count). The van der Waals surface area contributed by atoms with Gasteiger partial charge < -0.3 is 10.1 Å². The van der Waals surface area contributed by atoms with Crippen LogP contribution >= 0.6 is 0 Å². The smallest absolute Gasteiger partial charge is 0.232 e. The molecule has 0 fully saturated rings. The predicted molar refractivity (Wildman–Crippen MR) is 97.8 cm³/mol. The van der Waals surface area contributed by atoms with E-state index in [0.29, 0.717) is 17.4 Å². The summed E-state index contributed by atoms with van der Waals surface area (Å²) in [6.45, 7) is 5.56. The van der Waals surface area contributed by atoms with Crippen molar-refractivity contribution in [1.82, 2.24) is 5.32 Å². The summed E-state index contributed by atoms with van der Waals surface area (Å²) in [5.41, 5.74) is 0.938. The third-order valence-corrected chi connectivity index (χ3v) is 3.27. The monoisotopic (exact) mass is 325 g/mol. The van der Waals surface area contributed by atoms with E-state index in [1.807, 2.05) is 75.4 Å². The van der Waals surface area contributed by atoms with E-state index >= 15 is 0 Å². The fraction of sp³-hybridized carbons (Fsp3) is 0.263. The molecule has 1 amide bonds. The van der Waals surface area contributed by atoms with Gasteiger partial charge in [-0.2, -0.15) is 0 Å². The van der Waals surface area contributed by atoms with Crippen molar-refractivity contribution in [1.29, 1.82) is 0 Å². The first-order chi connectivity index (χ1) is 11.4. The Hall–Kier alpha value is -2.82. The quantitative estimate of drug-likeness (QED) is 0.663. The number of hydrogen-bond acceptors (Lipinski definition) is 3. The summed E-state index contributed by atoms with van der Waals surface area (Å²) in [5, 5.41) is 5.99. The highest BCUT2D eigenvalue weighted by atomic mass is 16.5. The fourth-order valence-corrected chi connectivity index (χ4v) is 1.88. The first kappa shape index (κ1) is 17.5. The van der Waals surface area contributed by atoms with Crippen molar-refractivity contribution in [2.75, 3.05) is 12.4 Å². The zero-order valence-electron chi connectivity index (χ0n) is 14.5. The number of carbonyl (C=O) groups is 1. The van der Waals surface area contributed by atoms with Crippen LogP contribution in [0.3, 0.4) is 0 Å². The lowest BCUT2D eigenvalue weighted by Crippen LogP contribution is -2.42. The van der Waals surface area contributed by atoms with Crippen molar-refractivity contribution in [3.8, 4) is 5.75 Å². The van der Waals surface area contributed by atoms with Gasteiger partial charge in [-0.15, -0.1) is 0 Å². The highest BCUT2D eigenvalue weighted by molar-refractivity contribution is 6.06. The molecule has 0 heterocycles. The van der Waals surface area contributed by atoms with Gasteiger partial charge >= 0.3 is 0 Å². The predicted octanol–water partition coefficient (Wildman–Crippen LogP) is 3.96. The summed E-state index contributed by atoms with van der Waals surface area (Å²) in [4.78, 5) is 16.9. The number of ether oxygens (including phenoxy) is 1. The Labute approximate surface area is 142 Å². The molecule has 0 aliphatic heterocycles. The van der Waals surface area contributed by atoms with Crippen LogP contribution < -0.4 is 15.4 Å². The van der Waals surface area contributed by atoms with Crippen LogP contribution in [0.2, 0.25) is 0 Å². The van der Waals surface area contributed by atoms with Crippen molar-refractivity contribution in [2.24, 2.45) is 10.4 Å². The van der Waals surface area contributed by atoms with Gasteiger partial charge in [0.1, 0.15) is 11.4 Å². The van der Waals surface area contributed by atoms with Crippen LogP contribution in [-0.2, 0) is 4.79 Å². The number of aliphatic imine (C=N–C) groups is 1. The number of anilines is 1. The first-order valence-corrected chi connectivity index (χ1v) is 7.75. The summed E-state index contributed by atoms with van der Waals surface area (Å²) in [6, 6.07) is 16.9. The average Bonchev–Trinajstić information content (AvgIpc) is 2.55. The highest BCUT2D eigenvalue weighted by Gasteiger charge is 2.22. The molecule has 0 aromatic heterocycles. The normalized spacial score (nSPS) is 11.8. The van der Waals surface area contributed by atoms with Crippen molar-refractivity contribution in [3.05, 3.63) is 54.6 Å². The van der Waals surface area contributed by atoms with Gasteiger partial charge in [0.15, 0.2) is 0 Å². The second kappa shape index (κ2) is 7.64. The number of rotatable bonds is 3. The lowest BCUT2D eigenvalue weighted by atomic mass is 9.96. The van der Waals surface area contributed by atoms with E-state index < -0.39 is 5.41 Å². The Morgan fingerprint density at radius 2 is 1.62 bits per heavy atom. The third kappa shape index (κ3) is 4.84. The SMILES string of the molecule is COc1ccccc1N=C(NC(=O)C(C)(C)C)Nc1ccccc1. The number of hydrogen-bond donors (Lipinski definition) is 2. The maximum absolute atomic E-state index is 12.3. The molecule has 0 aliphatic rings. The third-order valence-electron chi connectivity index (χ3n) is 3.27. The van der Waals surface area contributed by atoms with Gasteiger partial charge in [-0.1, -0.05) is 51.1 Å². The summed E-state index contributed by atoms with van der Waals surface area (Å²) in [6.07, 6.45) is 0. The van der Waals surface area contributed by atoms with Crippen LogP contribution in [0.4, 0.5) is 11.4 Å². The van der Waals surface area contributed by atoms with E-state index in [9.17, 15) is 4.79 Å². The molecule has 2 aromatic carbocycles. The molecule has 0 bridgehead atoms. The number of para-hydroxylation sites is 3. The van der Waals surface area contributed by atoms with E-state index in [-0.39, 0.29) is 5.91 Å². The number of amides is 1. The number of nitrogens with zero attached hydrogens (tertiary/aromatic N) is 1. The minimum absolute atomic E-state index is 0.125. The van der Waals surface area contributed by atoms with E-state index in [0.717, 1.165) is 5.69 Å². The van der Waals surface area contributed by atoms with Gasteiger partial charge in [-0.3, -0.25) is 10.1 Å². The van der Waals surface area contributed by atoms with E-state index in [1.54, 1.807) is 7.11 Å². The molecule has 0 radical (unpaired) electrons. The lowest BCUT2D eigenvalue weighted by molar-refractivity contribution is -0.126. The second-order valence-electron chi connectivity index (χ2n) is 6.33. The Bertz CT molecular complexity index is 719. The summed E-state index contributed by atoms with van der Waals surface area (Å²) >= 11 is 0. The molecule has 2 aromatic rings. The minimum Gasteiger partial charge on any atom is -0.494 e. The standard InChI is InChI=1S/C19H23N3O2/c1-19(2,3)17(23)22-18(20-14-10-6-5-7-11-14)21-15-12-8-9-13-16(15)24-4/h5-13H,1-4H3,(H2,20,21,22,23). The molecule has 5 nitrogen and oxygen atoms in total. The Balaban J connectivity index is 2.34. The number of carbonyl (C=O) groups excluding carboxylic acids is 1.